The third-order valence-corrected chi connectivity index (χ3v) is 2.79. The van der Waals surface area contributed by atoms with Crippen molar-refractivity contribution in [1.82, 2.24) is 5.32 Å². The zero-order valence-corrected chi connectivity index (χ0v) is 8.84. The van der Waals surface area contributed by atoms with Gasteiger partial charge in [-0.15, -0.1) is 0 Å². The molecule has 0 radical (unpaired) electrons. The Balaban J connectivity index is 2.32. The number of carbonyl (C=O) groups excluding carboxylic acids is 1. The molecule has 6 heteroatoms. The average Bonchev–Trinajstić information content (AvgIpc) is 2.51. The zero-order valence-electron chi connectivity index (χ0n) is 8.02. The van der Waals surface area contributed by atoms with Crippen LogP contribution in [0.5, 0.6) is 11.5 Å². The topological polar surface area (TPSA) is 93.4 Å². The molecule has 0 saturated carbocycles. The number of amidine groups is 1. The van der Waals surface area contributed by atoms with Crippen LogP contribution in [0.15, 0.2) is 23.1 Å². The summed E-state index contributed by atoms with van der Waals surface area (Å²) in [5, 5.41) is 28.0. The first-order valence-corrected chi connectivity index (χ1v) is 5.19. The molecule has 2 rings (SSSR count). The molecule has 1 aromatic rings. The van der Waals surface area contributed by atoms with Gasteiger partial charge in [-0.25, -0.2) is 0 Å². The third-order valence-electron chi connectivity index (χ3n) is 1.96. The van der Waals surface area contributed by atoms with E-state index in [4.69, 9.17) is 10.5 Å². The fraction of sp³-hybridized carbons (Fsp3) is 0. The van der Waals surface area contributed by atoms with E-state index in [2.05, 4.69) is 5.32 Å². The fourth-order valence-electron chi connectivity index (χ4n) is 1.22. The predicted molar refractivity (Wildman–Crippen MR) is 61.2 cm³/mol. The summed E-state index contributed by atoms with van der Waals surface area (Å²) in [5.74, 6) is -0.784. The van der Waals surface area contributed by atoms with E-state index in [9.17, 15) is 9.90 Å². The van der Waals surface area contributed by atoms with Crippen LogP contribution in [0.25, 0.3) is 6.08 Å². The van der Waals surface area contributed by atoms with Crippen LogP contribution in [0.1, 0.15) is 5.56 Å². The van der Waals surface area contributed by atoms with Crippen LogP contribution >= 0.6 is 11.8 Å². The van der Waals surface area contributed by atoms with Crippen LogP contribution in [0.2, 0.25) is 0 Å². The number of benzene rings is 1. The largest absolute Gasteiger partial charge is 0.504 e. The molecule has 1 saturated heterocycles. The molecule has 1 aliphatic heterocycles. The van der Waals surface area contributed by atoms with Gasteiger partial charge in [0.05, 0.1) is 4.91 Å². The van der Waals surface area contributed by atoms with Crippen molar-refractivity contribution in [2.45, 2.75) is 0 Å². The first-order chi connectivity index (χ1) is 7.56. The van der Waals surface area contributed by atoms with Gasteiger partial charge in [-0.2, -0.15) is 0 Å². The van der Waals surface area contributed by atoms with Gasteiger partial charge in [-0.3, -0.25) is 10.2 Å². The molecular weight excluding hydrogens is 228 g/mol. The lowest BCUT2D eigenvalue weighted by Gasteiger charge is -1.99. The van der Waals surface area contributed by atoms with Gasteiger partial charge in [0.2, 0.25) is 0 Å². The minimum Gasteiger partial charge on any atom is -0.504 e. The predicted octanol–water partition coefficient (Wildman–Crippen LogP) is 1.24. The lowest BCUT2D eigenvalue weighted by Crippen LogP contribution is -2.18. The fourth-order valence-corrected chi connectivity index (χ4v) is 1.93. The maximum atomic E-state index is 11.3. The van der Waals surface area contributed by atoms with Gasteiger partial charge in [-0.05, 0) is 35.5 Å². The Bertz CT molecular complexity index is 511. The van der Waals surface area contributed by atoms with Gasteiger partial charge < -0.3 is 15.5 Å². The van der Waals surface area contributed by atoms with Crippen molar-refractivity contribution in [2.75, 3.05) is 0 Å². The van der Waals surface area contributed by atoms with Crippen LogP contribution in [-0.2, 0) is 4.79 Å². The number of carbonyl (C=O) groups is 1. The third kappa shape index (κ3) is 2.01. The summed E-state index contributed by atoms with van der Waals surface area (Å²) in [5.41, 5.74) is 0.586. The summed E-state index contributed by atoms with van der Waals surface area (Å²) in [7, 11) is 0. The highest BCUT2D eigenvalue weighted by atomic mass is 32.2. The molecule has 1 aliphatic rings. The molecule has 4 N–H and O–H groups in total. The lowest BCUT2D eigenvalue weighted by molar-refractivity contribution is -0.115. The van der Waals surface area contributed by atoms with E-state index in [1.54, 1.807) is 12.1 Å². The standard InChI is InChI=1S/C10H8N2O3S/c11-10-12-9(15)8(16-10)4-5-1-2-6(13)7(14)3-5/h1-4,13-14H,(H2,11,12,15)/b8-4-. The van der Waals surface area contributed by atoms with Gasteiger partial charge in [0.15, 0.2) is 16.7 Å². The smallest absolute Gasteiger partial charge is 0.264 e. The Morgan fingerprint density at radius 1 is 1.31 bits per heavy atom. The molecule has 0 unspecified atom stereocenters. The number of rotatable bonds is 1. The maximum absolute atomic E-state index is 11.3. The zero-order chi connectivity index (χ0) is 11.7. The summed E-state index contributed by atoms with van der Waals surface area (Å²) in [6.45, 7) is 0. The van der Waals surface area contributed by atoms with Gasteiger partial charge in [-0.1, -0.05) is 6.07 Å². The van der Waals surface area contributed by atoms with Crippen molar-refractivity contribution in [3.63, 3.8) is 0 Å². The summed E-state index contributed by atoms with van der Waals surface area (Å²) in [4.78, 5) is 11.7. The van der Waals surface area contributed by atoms with Crippen molar-refractivity contribution in [3.8, 4) is 11.5 Å². The number of hydrogen-bond donors (Lipinski definition) is 4. The van der Waals surface area contributed by atoms with Crippen LogP contribution in [0, 0.1) is 5.41 Å². The Kier molecular flexibility index (Phi) is 2.57. The van der Waals surface area contributed by atoms with Crippen LogP contribution in [0.4, 0.5) is 0 Å². The Morgan fingerprint density at radius 3 is 2.62 bits per heavy atom. The molecule has 1 heterocycles. The second kappa shape index (κ2) is 3.90. The molecule has 1 fully saturated rings. The molecule has 1 aromatic carbocycles. The Morgan fingerprint density at radius 2 is 2.06 bits per heavy atom. The second-order valence-corrected chi connectivity index (χ2v) is 4.19. The minimum absolute atomic E-state index is 0.0826. The minimum atomic E-state index is -0.331. The van der Waals surface area contributed by atoms with Gasteiger partial charge in [0, 0.05) is 0 Å². The molecular formula is C10H8N2O3S. The molecule has 5 nitrogen and oxygen atoms in total. The molecule has 16 heavy (non-hydrogen) atoms. The van der Waals surface area contributed by atoms with Crippen molar-refractivity contribution in [3.05, 3.63) is 28.7 Å². The molecule has 0 bridgehead atoms. The molecule has 1 amide bonds. The molecule has 0 spiro atoms. The number of phenolic OH excluding ortho intramolecular Hbond substituents is 2. The number of amides is 1. The first kappa shape index (κ1) is 10.6. The number of hydrogen-bond acceptors (Lipinski definition) is 5. The molecule has 0 aromatic heterocycles. The Labute approximate surface area is 95.3 Å². The highest BCUT2D eigenvalue weighted by Crippen LogP contribution is 2.29. The van der Waals surface area contributed by atoms with E-state index < -0.39 is 0 Å². The summed E-state index contributed by atoms with van der Waals surface area (Å²) in [6.07, 6.45) is 1.54. The van der Waals surface area contributed by atoms with Crippen LogP contribution in [0.3, 0.4) is 0 Å². The molecule has 0 aliphatic carbocycles. The first-order valence-electron chi connectivity index (χ1n) is 4.37. The summed E-state index contributed by atoms with van der Waals surface area (Å²) >= 11 is 1.02. The van der Waals surface area contributed by atoms with Crippen molar-refractivity contribution in [1.29, 1.82) is 5.41 Å². The lowest BCUT2D eigenvalue weighted by atomic mass is 10.2. The van der Waals surface area contributed by atoms with Crippen LogP contribution in [-0.4, -0.2) is 21.3 Å². The van der Waals surface area contributed by atoms with Crippen molar-refractivity contribution < 1.29 is 15.0 Å². The number of phenols is 2. The average molecular weight is 236 g/mol. The molecule has 0 atom stereocenters. The van der Waals surface area contributed by atoms with Crippen molar-refractivity contribution in [2.24, 2.45) is 0 Å². The number of thioether (sulfide) groups is 1. The monoisotopic (exact) mass is 236 g/mol. The van der Waals surface area contributed by atoms with Crippen molar-refractivity contribution >= 4 is 28.9 Å². The highest BCUT2D eigenvalue weighted by Gasteiger charge is 2.22. The van der Waals surface area contributed by atoms with E-state index in [1.807, 2.05) is 0 Å². The SMILES string of the molecule is N=C1NC(=O)/C(=C/c2ccc(O)c(O)c2)S1. The quantitative estimate of drug-likeness (QED) is 0.436. The maximum Gasteiger partial charge on any atom is 0.264 e. The molecule has 82 valence electrons. The van der Waals surface area contributed by atoms with Gasteiger partial charge >= 0.3 is 0 Å². The van der Waals surface area contributed by atoms with Gasteiger partial charge in [0.25, 0.3) is 5.91 Å². The summed E-state index contributed by atoms with van der Waals surface area (Å²) < 4.78 is 0. The Hall–Kier alpha value is -1.95. The van der Waals surface area contributed by atoms with E-state index in [0.717, 1.165) is 11.8 Å². The van der Waals surface area contributed by atoms with E-state index >= 15 is 0 Å². The number of aromatic hydroxyl groups is 2. The normalized spacial score (nSPS) is 17.9. The van der Waals surface area contributed by atoms with E-state index in [1.165, 1.54) is 12.1 Å². The number of nitrogens with one attached hydrogen (secondary N) is 2. The van der Waals surface area contributed by atoms with E-state index in [0.29, 0.717) is 10.5 Å². The summed E-state index contributed by atoms with van der Waals surface area (Å²) in [6, 6.07) is 4.25. The second-order valence-electron chi connectivity index (χ2n) is 3.14. The van der Waals surface area contributed by atoms with E-state index in [-0.39, 0.29) is 22.6 Å². The van der Waals surface area contributed by atoms with Gasteiger partial charge in [0.1, 0.15) is 0 Å². The van der Waals surface area contributed by atoms with Crippen LogP contribution < -0.4 is 5.32 Å². The highest BCUT2D eigenvalue weighted by molar-refractivity contribution is 8.18.